The SMILES string of the molecule is c1ccc2c(c1)Sc1ccccc1N2CC12CCCN1CCC2. The van der Waals surface area contributed by atoms with Crippen LogP contribution in [0.5, 0.6) is 0 Å². The predicted octanol–water partition coefficient (Wildman–Crippen LogP) is 4.92. The standard InChI is InChI=1S/C20H22N2S/c1-3-9-18-16(7-1)22(17-8-2-4-10-19(17)23-18)15-20-11-5-13-21(20)14-6-12-20/h1-4,7-10H,5-6,11-15H2. The van der Waals surface area contributed by atoms with Crippen LogP contribution in [0.4, 0.5) is 11.4 Å². The number of anilines is 2. The Labute approximate surface area is 142 Å². The Morgan fingerprint density at radius 1 is 0.826 bits per heavy atom. The van der Waals surface area contributed by atoms with Gasteiger partial charge in [-0.2, -0.15) is 0 Å². The summed E-state index contributed by atoms with van der Waals surface area (Å²) in [7, 11) is 0. The third-order valence-corrected chi connectivity index (χ3v) is 6.93. The van der Waals surface area contributed by atoms with Crippen LogP contribution in [0.25, 0.3) is 0 Å². The molecular formula is C20H22N2S. The highest BCUT2D eigenvalue weighted by Gasteiger charge is 2.46. The molecule has 0 N–H and O–H groups in total. The minimum Gasteiger partial charge on any atom is -0.338 e. The molecule has 2 nitrogen and oxygen atoms in total. The number of nitrogens with zero attached hydrogens (tertiary/aromatic N) is 2. The monoisotopic (exact) mass is 322 g/mol. The van der Waals surface area contributed by atoms with Crippen molar-refractivity contribution >= 4 is 23.1 Å². The van der Waals surface area contributed by atoms with Crippen LogP contribution in [0, 0.1) is 0 Å². The van der Waals surface area contributed by atoms with E-state index in [1.807, 2.05) is 11.8 Å². The van der Waals surface area contributed by atoms with E-state index in [1.54, 1.807) is 0 Å². The van der Waals surface area contributed by atoms with Crippen LogP contribution in [0.1, 0.15) is 25.7 Å². The lowest BCUT2D eigenvalue weighted by Crippen LogP contribution is -2.47. The van der Waals surface area contributed by atoms with Gasteiger partial charge in [0.05, 0.1) is 11.4 Å². The maximum absolute atomic E-state index is 2.76. The summed E-state index contributed by atoms with van der Waals surface area (Å²) in [5.74, 6) is 0. The Morgan fingerprint density at radius 3 is 2.00 bits per heavy atom. The van der Waals surface area contributed by atoms with Crippen LogP contribution < -0.4 is 4.90 Å². The van der Waals surface area contributed by atoms with Gasteiger partial charge in [-0.3, -0.25) is 4.90 Å². The molecule has 0 atom stereocenters. The molecule has 0 saturated carbocycles. The molecule has 2 fully saturated rings. The molecule has 0 aliphatic carbocycles. The maximum Gasteiger partial charge on any atom is 0.0553 e. The summed E-state index contributed by atoms with van der Waals surface area (Å²) in [5, 5.41) is 0. The first-order valence-electron chi connectivity index (χ1n) is 8.74. The van der Waals surface area contributed by atoms with E-state index >= 15 is 0 Å². The highest BCUT2D eigenvalue weighted by molar-refractivity contribution is 7.99. The van der Waals surface area contributed by atoms with Gasteiger partial charge in [-0.1, -0.05) is 36.0 Å². The second-order valence-electron chi connectivity index (χ2n) is 7.04. The zero-order valence-corrected chi connectivity index (χ0v) is 14.2. The van der Waals surface area contributed by atoms with Crippen molar-refractivity contribution in [3.63, 3.8) is 0 Å². The zero-order chi connectivity index (χ0) is 15.3. The van der Waals surface area contributed by atoms with Gasteiger partial charge >= 0.3 is 0 Å². The van der Waals surface area contributed by atoms with Crippen molar-refractivity contribution in [1.29, 1.82) is 0 Å². The highest BCUT2D eigenvalue weighted by Crippen LogP contribution is 2.50. The zero-order valence-electron chi connectivity index (χ0n) is 13.4. The Balaban J connectivity index is 1.59. The summed E-state index contributed by atoms with van der Waals surface area (Å²) in [6.07, 6.45) is 5.46. The Morgan fingerprint density at radius 2 is 1.39 bits per heavy atom. The average Bonchev–Trinajstić information content (AvgIpc) is 3.14. The van der Waals surface area contributed by atoms with E-state index in [0.29, 0.717) is 5.54 Å². The normalized spacial score (nSPS) is 21.8. The first-order chi connectivity index (χ1) is 11.4. The minimum absolute atomic E-state index is 0.405. The molecule has 0 bridgehead atoms. The van der Waals surface area contributed by atoms with Gasteiger partial charge < -0.3 is 4.90 Å². The lowest BCUT2D eigenvalue weighted by Gasteiger charge is -2.41. The summed E-state index contributed by atoms with van der Waals surface area (Å²) in [5.41, 5.74) is 3.19. The summed E-state index contributed by atoms with van der Waals surface area (Å²) in [4.78, 5) is 8.15. The fourth-order valence-corrected chi connectivity index (χ4v) is 5.82. The third kappa shape index (κ3) is 2.14. The van der Waals surface area contributed by atoms with E-state index in [4.69, 9.17) is 0 Å². The van der Waals surface area contributed by atoms with Gasteiger partial charge in [0.15, 0.2) is 0 Å². The molecule has 23 heavy (non-hydrogen) atoms. The van der Waals surface area contributed by atoms with Crippen LogP contribution in [0.15, 0.2) is 58.3 Å². The molecule has 3 heteroatoms. The van der Waals surface area contributed by atoms with E-state index < -0.39 is 0 Å². The Bertz CT molecular complexity index is 686. The van der Waals surface area contributed by atoms with Gasteiger partial charge in [-0.25, -0.2) is 0 Å². The summed E-state index contributed by atoms with van der Waals surface area (Å²) in [6, 6.07) is 17.8. The average molecular weight is 322 g/mol. The molecular weight excluding hydrogens is 300 g/mol. The molecule has 0 spiro atoms. The summed E-state index contributed by atoms with van der Waals surface area (Å²) >= 11 is 1.91. The summed E-state index contributed by atoms with van der Waals surface area (Å²) < 4.78 is 0. The molecule has 2 saturated heterocycles. The smallest absolute Gasteiger partial charge is 0.0553 e. The van der Waals surface area contributed by atoms with Crippen molar-refractivity contribution in [2.45, 2.75) is 41.0 Å². The molecule has 118 valence electrons. The quantitative estimate of drug-likeness (QED) is 0.775. The molecule has 0 amide bonds. The lowest BCUT2D eigenvalue weighted by atomic mass is 9.92. The van der Waals surface area contributed by atoms with E-state index in [2.05, 4.69) is 58.3 Å². The van der Waals surface area contributed by atoms with Gasteiger partial charge in [0.1, 0.15) is 0 Å². The van der Waals surface area contributed by atoms with Gasteiger partial charge in [-0.15, -0.1) is 0 Å². The van der Waals surface area contributed by atoms with Gasteiger partial charge in [-0.05, 0) is 63.0 Å². The predicted molar refractivity (Wildman–Crippen MR) is 96.8 cm³/mol. The topological polar surface area (TPSA) is 6.48 Å². The molecule has 3 aliphatic rings. The number of hydrogen-bond acceptors (Lipinski definition) is 3. The maximum atomic E-state index is 2.76. The van der Waals surface area contributed by atoms with Crippen LogP contribution >= 0.6 is 11.8 Å². The van der Waals surface area contributed by atoms with Crippen molar-refractivity contribution in [3.05, 3.63) is 48.5 Å². The second-order valence-corrected chi connectivity index (χ2v) is 8.13. The number of rotatable bonds is 2. The van der Waals surface area contributed by atoms with Crippen LogP contribution in [0.2, 0.25) is 0 Å². The fraction of sp³-hybridized carbons (Fsp3) is 0.400. The number of benzene rings is 2. The molecule has 3 aliphatic heterocycles. The van der Waals surface area contributed by atoms with E-state index in [0.717, 1.165) is 6.54 Å². The molecule has 2 aromatic carbocycles. The number of hydrogen-bond donors (Lipinski definition) is 0. The van der Waals surface area contributed by atoms with Crippen LogP contribution in [-0.2, 0) is 0 Å². The number of fused-ring (bicyclic) bond motifs is 3. The minimum atomic E-state index is 0.405. The Hall–Kier alpha value is -1.45. The van der Waals surface area contributed by atoms with E-state index in [-0.39, 0.29) is 0 Å². The lowest BCUT2D eigenvalue weighted by molar-refractivity contribution is 0.203. The molecule has 0 unspecified atom stereocenters. The van der Waals surface area contributed by atoms with Crippen LogP contribution in [-0.4, -0.2) is 30.1 Å². The summed E-state index contributed by atoms with van der Waals surface area (Å²) in [6.45, 7) is 3.74. The van der Waals surface area contributed by atoms with Crippen molar-refractivity contribution in [2.24, 2.45) is 0 Å². The first-order valence-corrected chi connectivity index (χ1v) is 9.56. The molecule has 5 rings (SSSR count). The molecule has 3 heterocycles. The van der Waals surface area contributed by atoms with Gasteiger partial charge in [0.25, 0.3) is 0 Å². The fourth-order valence-electron chi connectivity index (χ4n) is 4.73. The van der Waals surface area contributed by atoms with Crippen molar-refractivity contribution in [1.82, 2.24) is 4.90 Å². The van der Waals surface area contributed by atoms with E-state index in [1.165, 1.54) is 59.9 Å². The first kappa shape index (κ1) is 13.9. The van der Waals surface area contributed by atoms with Crippen molar-refractivity contribution in [2.75, 3.05) is 24.5 Å². The van der Waals surface area contributed by atoms with Crippen molar-refractivity contribution in [3.8, 4) is 0 Å². The van der Waals surface area contributed by atoms with Crippen molar-refractivity contribution < 1.29 is 0 Å². The second kappa shape index (κ2) is 5.29. The number of para-hydroxylation sites is 2. The largest absolute Gasteiger partial charge is 0.338 e. The van der Waals surface area contributed by atoms with Gasteiger partial charge in [0.2, 0.25) is 0 Å². The third-order valence-electron chi connectivity index (χ3n) is 5.80. The molecule has 2 aromatic rings. The molecule has 0 radical (unpaired) electrons. The Kier molecular flexibility index (Phi) is 3.20. The highest BCUT2D eigenvalue weighted by atomic mass is 32.2. The van der Waals surface area contributed by atoms with E-state index in [9.17, 15) is 0 Å². The van der Waals surface area contributed by atoms with Crippen LogP contribution in [0.3, 0.4) is 0 Å². The van der Waals surface area contributed by atoms with Gasteiger partial charge in [0, 0.05) is 21.9 Å². The molecule has 0 aromatic heterocycles.